The molecule has 3 atom stereocenters. The molecule has 0 aliphatic carbocycles. The van der Waals surface area contributed by atoms with Crippen LogP contribution in [0.25, 0.3) is 0 Å². The Balaban J connectivity index is 3.31. The highest BCUT2D eigenvalue weighted by molar-refractivity contribution is 7.98. The van der Waals surface area contributed by atoms with Crippen molar-refractivity contribution in [1.29, 1.82) is 0 Å². The molecule has 1 aromatic rings. The van der Waals surface area contributed by atoms with E-state index in [0.717, 1.165) is 29.5 Å². The van der Waals surface area contributed by atoms with E-state index in [0.29, 0.717) is 12.2 Å². The molecule has 3 unspecified atom stereocenters. The lowest BCUT2D eigenvalue weighted by molar-refractivity contribution is -0.141. The topological polar surface area (TPSA) is 87.7 Å². The molecule has 34 heavy (non-hydrogen) atoms. The minimum atomic E-state index is -0.816. The van der Waals surface area contributed by atoms with E-state index in [1.54, 1.807) is 39.6 Å². The van der Waals surface area contributed by atoms with Gasteiger partial charge in [-0.2, -0.15) is 11.8 Å². The van der Waals surface area contributed by atoms with Crippen molar-refractivity contribution in [3.63, 3.8) is 0 Å². The summed E-state index contributed by atoms with van der Waals surface area (Å²) in [6.07, 6.45) is 3.52. The summed E-state index contributed by atoms with van der Waals surface area (Å²) in [7, 11) is 1.63. The third-order valence-corrected chi connectivity index (χ3v) is 6.07. The molecule has 1 aromatic carbocycles. The number of carbonyl (C=O) groups is 3. The smallest absolute Gasteiger partial charge is 0.408 e. The molecule has 2 N–H and O–H groups in total. The van der Waals surface area contributed by atoms with Crippen molar-refractivity contribution in [3.05, 3.63) is 34.9 Å². The lowest BCUT2D eigenvalue weighted by Gasteiger charge is -2.33. The van der Waals surface area contributed by atoms with Crippen LogP contribution in [-0.2, 0) is 14.3 Å². The van der Waals surface area contributed by atoms with Crippen LogP contribution >= 0.6 is 11.8 Å². The van der Waals surface area contributed by atoms with Gasteiger partial charge in [-0.25, -0.2) is 4.79 Å². The van der Waals surface area contributed by atoms with Crippen LogP contribution in [0, 0.1) is 13.8 Å². The van der Waals surface area contributed by atoms with Gasteiger partial charge in [0.15, 0.2) is 0 Å². The average molecular weight is 494 g/mol. The largest absolute Gasteiger partial charge is 0.444 e. The number of alkyl carbamates (subject to hydrolysis) is 1. The van der Waals surface area contributed by atoms with Crippen molar-refractivity contribution in [2.75, 3.05) is 19.1 Å². The number of aryl methyl sites for hydroxylation is 2. The first-order valence-corrected chi connectivity index (χ1v) is 13.3. The molecule has 0 bridgehead atoms. The van der Waals surface area contributed by atoms with Crippen molar-refractivity contribution in [3.8, 4) is 0 Å². The fourth-order valence-electron chi connectivity index (χ4n) is 3.72. The second kappa shape index (κ2) is 13.6. The Kier molecular flexibility index (Phi) is 11.9. The molecule has 0 radical (unpaired) electrons. The summed E-state index contributed by atoms with van der Waals surface area (Å²) in [6, 6.07) is 4.26. The third kappa shape index (κ3) is 9.57. The van der Waals surface area contributed by atoms with Crippen molar-refractivity contribution in [1.82, 2.24) is 15.5 Å². The van der Waals surface area contributed by atoms with E-state index >= 15 is 0 Å². The Bertz CT molecular complexity index is 838. The fourth-order valence-corrected chi connectivity index (χ4v) is 4.19. The van der Waals surface area contributed by atoms with E-state index in [9.17, 15) is 14.4 Å². The molecular weight excluding hydrogens is 450 g/mol. The maximum absolute atomic E-state index is 13.6. The Morgan fingerprint density at radius 1 is 1.12 bits per heavy atom. The summed E-state index contributed by atoms with van der Waals surface area (Å²) in [5, 5.41) is 5.79. The molecule has 7 nitrogen and oxygen atoms in total. The van der Waals surface area contributed by atoms with Crippen LogP contribution in [0.4, 0.5) is 4.79 Å². The fraction of sp³-hybridized carbons (Fsp3) is 0.654. The first-order chi connectivity index (χ1) is 15.8. The zero-order valence-corrected chi connectivity index (χ0v) is 23.1. The van der Waals surface area contributed by atoms with Crippen LogP contribution in [0.2, 0.25) is 0 Å². The highest BCUT2D eigenvalue weighted by Crippen LogP contribution is 2.26. The number of hydrogen-bond donors (Lipinski definition) is 2. The number of likely N-dealkylation sites (N-methyl/N-ethyl adjacent to an activating group) is 1. The van der Waals surface area contributed by atoms with E-state index < -0.39 is 23.8 Å². The summed E-state index contributed by atoms with van der Waals surface area (Å²) >= 11 is 1.59. The minimum Gasteiger partial charge on any atom is -0.444 e. The number of hydrogen-bond acceptors (Lipinski definition) is 5. The number of rotatable bonds is 11. The Morgan fingerprint density at radius 3 is 2.32 bits per heavy atom. The summed E-state index contributed by atoms with van der Waals surface area (Å²) in [5.74, 6) is 0.115. The van der Waals surface area contributed by atoms with Gasteiger partial charge >= 0.3 is 6.09 Å². The molecule has 0 heterocycles. The van der Waals surface area contributed by atoms with Gasteiger partial charge in [-0.05, 0) is 77.5 Å². The molecule has 0 saturated carbocycles. The van der Waals surface area contributed by atoms with Gasteiger partial charge in [0.25, 0.3) is 0 Å². The Hall–Kier alpha value is -2.22. The van der Waals surface area contributed by atoms with Crippen LogP contribution in [0.3, 0.4) is 0 Å². The molecule has 0 aliphatic heterocycles. The third-order valence-electron chi connectivity index (χ3n) is 5.42. The molecule has 8 heteroatoms. The first kappa shape index (κ1) is 29.8. The van der Waals surface area contributed by atoms with Crippen molar-refractivity contribution >= 4 is 29.7 Å². The summed E-state index contributed by atoms with van der Waals surface area (Å²) < 4.78 is 5.38. The van der Waals surface area contributed by atoms with Gasteiger partial charge in [0, 0.05) is 13.1 Å². The standard InChI is InChI=1S/C26H43N3O4S/c1-10-11-19(4)27-23(30)22(20-16-17(2)12-13-18(20)3)29(8)24(31)21(14-15-34-9)28-25(32)33-26(5,6)7/h12-13,16,19,21-22H,10-11,14-15H2,1-9H3,(H,27,30)(H,28,32). The molecule has 3 amide bonds. The van der Waals surface area contributed by atoms with Gasteiger partial charge in [0.2, 0.25) is 11.8 Å². The predicted octanol–water partition coefficient (Wildman–Crippen LogP) is 4.75. The normalized spacial score (nSPS) is 14.0. The number of amides is 3. The molecule has 0 saturated heterocycles. The Labute approximate surface area is 209 Å². The molecule has 192 valence electrons. The monoisotopic (exact) mass is 493 g/mol. The summed E-state index contributed by atoms with van der Waals surface area (Å²) in [4.78, 5) is 41.0. The lowest BCUT2D eigenvalue weighted by atomic mass is 9.96. The average Bonchev–Trinajstić information content (AvgIpc) is 2.71. The van der Waals surface area contributed by atoms with E-state index in [1.807, 2.05) is 45.2 Å². The van der Waals surface area contributed by atoms with Gasteiger partial charge in [0.05, 0.1) is 0 Å². The highest BCUT2D eigenvalue weighted by atomic mass is 32.2. The molecule has 0 spiro atoms. The van der Waals surface area contributed by atoms with Crippen LogP contribution < -0.4 is 10.6 Å². The molecule has 0 aromatic heterocycles. The van der Waals surface area contributed by atoms with Gasteiger partial charge in [-0.1, -0.05) is 37.1 Å². The maximum atomic E-state index is 13.6. The minimum absolute atomic E-state index is 0.0132. The van der Waals surface area contributed by atoms with Crippen LogP contribution in [-0.4, -0.2) is 59.5 Å². The molecule has 0 aliphatic rings. The summed E-state index contributed by atoms with van der Waals surface area (Å²) in [6.45, 7) is 13.3. The van der Waals surface area contributed by atoms with Crippen molar-refractivity contribution < 1.29 is 19.1 Å². The number of nitrogens with zero attached hydrogens (tertiary/aromatic N) is 1. The molecule has 0 fully saturated rings. The SMILES string of the molecule is CCCC(C)NC(=O)C(c1cc(C)ccc1C)N(C)C(=O)C(CCSC)NC(=O)OC(C)(C)C. The summed E-state index contributed by atoms with van der Waals surface area (Å²) in [5.41, 5.74) is 2.03. The number of ether oxygens (including phenoxy) is 1. The number of carbonyl (C=O) groups excluding carboxylic acids is 3. The van der Waals surface area contributed by atoms with E-state index in [4.69, 9.17) is 4.74 Å². The van der Waals surface area contributed by atoms with Gasteiger partial charge in [-0.3, -0.25) is 9.59 Å². The number of nitrogens with one attached hydrogen (secondary N) is 2. The van der Waals surface area contributed by atoms with Crippen LogP contribution in [0.15, 0.2) is 18.2 Å². The second-order valence-electron chi connectivity index (χ2n) is 9.89. The van der Waals surface area contributed by atoms with E-state index in [2.05, 4.69) is 17.6 Å². The van der Waals surface area contributed by atoms with E-state index in [1.165, 1.54) is 4.90 Å². The second-order valence-corrected chi connectivity index (χ2v) is 10.9. The van der Waals surface area contributed by atoms with Gasteiger partial charge in [0.1, 0.15) is 17.7 Å². The van der Waals surface area contributed by atoms with E-state index in [-0.39, 0.29) is 17.9 Å². The van der Waals surface area contributed by atoms with Gasteiger partial charge < -0.3 is 20.3 Å². The molecule has 1 rings (SSSR count). The predicted molar refractivity (Wildman–Crippen MR) is 140 cm³/mol. The molecular formula is C26H43N3O4S. The quantitative estimate of drug-likeness (QED) is 0.464. The number of benzene rings is 1. The van der Waals surface area contributed by atoms with Crippen molar-refractivity contribution in [2.45, 2.75) is 91.5 Å². The lowest BCUT2D eigenvalue weighted by Crippen LogP contribution is -2.52. The highest BCUT2D eigenvalue weighted by Gasteiger charge is 2.35. The van der Waals surface area contributed by atoms with Crippen LogP contribution in [0.5, 0.6) is 0 Å². The van der Waals surface area contributed by atoms with Gasteiger partial charge in [-0.15, -0.1) is 0 Å². The first-order valence-electron chi connectivity index (χ1n) is 11.9. The van der Waals surface area contributed by atoms with Crippen LogP contribution in [0.1, 0.15) is 76.6 Å². The number of thioether (sulfide) groups is 1. The zero-order chi connectivity index (χ0) is 26.1. The van der Waals surface area contributed by atoms with Crippen molar-refractivity contribution in [2.24, 2.45) is 0 Å². The maximum Gasteiger partial charge on any atom is 0.408 e. The Morgan fingerprint density at radius 2 is 1.76 bits per heavy atom. The zero-order valence-electron chi connectivity index (χ0n) is 22.3.